The Morgan fingerprint density at radius 1 is 1.15 bits per heavy atom. The summed E-state index contributed by atoms with van der Waals surface area (Å²) in [5.74, 6) is 1.39. The number of carbonyl (C=O) groups is 1. The monoisotopic (exact) mass is 556 g/mol. The van der Waals surface area contributed by atoms with Gasteiger partial charge in [0.25, 0.3) is 0 Å². The van der Waals surface area contributed by atoms with Gasteiger partial charge in [0.05, 0.1) is 0 Å². The molecule has 6 rings (SSSR count). The zero-order valence-electron chi connectivity index (χ0n) is 21.3. The number of nitrogens with one attached hydrogen (secondary N) is 2. The SMILES string of the molecule is O=C(CC1CC2(C1)CN(Cc1cccc(OC(F)F)c1)C2)Nc1nnc(N[C@@H]2CCN(c3cccnn3)C2)s1. The molecule has 2 aromatic heterocycles. The first-order valence-electron chi connectivity index (χ1n) is 13.1. The number of hydrogen-bond donors (Lipinski definition) is 2. The minimum absolute atomic E-state index is 0.0285. The summed E-state index contributed by atoms with van der Waals surface area (Å²) in [5, 5.41) is 24.0. The van der Waals surface area contributed by atoms with E-state index in [1.54, 1.807) is 24.4 Å². The van der Waals surface area contributed by atoms with Crippen molar-refractivity contribution in [1.82, 2.24) is 25.3 Å². The molecule has 13 heteroatoms. The number of halogens is 2. The number of amides is 1. The van der Waals surface area contributed by atoms with Crippen LogP contribution < -0.4 is 20.3 Å². The Balaban J connectivity index is 0.897. The molecule has 1 saturated carbocycles. The highest BCUT2D eigenvalue weighted by Gasteiger charge is 2.52. The lowest BCUT2D eigenvalue weighted by Gasteiger charge is -2.59. The van der Waals surface area contributed by atoms with Crippen molar-refractivity contribution in [1.29, 1.82) is 0 Å². The Hall–Kier alpha value is -3.45. The van der Waals surface area contributed by atoms with Gasteiger partial charge in [-0.3, -0.25) is 9.69 Å². The predicted molar refractivity (Wildman–Crippen MR) is 143 cm³/mol. The molecule has 1 aliphatic carbocycles. The number of anilines is 3. The van der Waals surface area contributed by atoms with Crippen LogP contribution in [0.1, 0.15) is 31.2 Å². The summed E-state index contributed by atoms with van der Waals surface area (Å²) in [6.07, 6.45) is 5.15. The molecule has 1 amide bonds. The lowest BCUT2D eigenvalue weighted by atomic mass is 9.57. The van der Waals surface area contributed by atoms with Crippen LogP contribution in [-0.4, -0.2) is 70.0 Å². The van der Waals surface area contributed by atoms with Crippen molar-refractivity contribution < 1.29 is 18.3 Å². The molecule has 39 heavy (non-hydrogen) atoms. The quantitative estimate of drug-likeness (QED) is 0.385. The molecular weight excluding hydrogens is 526 g/mol. The van der Waals surface area contributed by atoms with E-state index in [0.717, 1.165) is 56.8 Å². The Morgan fingerprint density at radius 2 is 2.00 bits per heavy atom. The number of benzene rings is 1. The molecule has 0 radical (unpaired) electrons. The van der Waals surface area contributed by atoms with Crippen LogP contribution in [0.25, 0.3) is 0 Å². The van der Waals surface area contributed by atoms with Crippen molar-refractivity contribution in [3.05, 3.63) is 48.2 Å². The highest BCUT2D eigenvalue weighted by molar-refractivity contribution is 7.19. The molecule has 3 aliphatic rings. The van der Waals surface area contributed by atoms with Crippen LogP contribution in [0.15, 0.2) is 42.6 Å². The standard InChI is InChI=1S/C26H30F2N8O2S/c27-23(28)38-20-4-1-3-17(9-20)13-35-15-26(16-35)11-18(12-26)10-22(37)31-25-34-33-24(39-25)30-19-6-8-36(14-19)21-5-2-7-29-32-21/h1-5,7,9,18-19,23H,6,8,10-16H2,(H,30,33)(H,31,34,37)/t19-/m1/s1. The van der Waals surface area contributed by atoms with Crippen molar-refractivity contribution in [2.75, 3.05) is 41.7 Å². The molecule has 1 spiro atoms. The van der Waals surface area contributed by atoms with Crippen LogP contribution in [0.5, 0.6) is 5.75 Å². The highest BCUT2D eigenvalue weighted by atomic mass is 32.1. The van der Waals surface area contributed by atoms with E-state index in [2.05, 4.69) is 45.6 Å². The van der Waals surface area contributed by atoms with Gasteiger partial charge in [0.15, 0.2) is 5.82 Å². The van der Waals surface area contributed by atoms with Crippen LogP contribution in [0.2, 0.25) is 0 Å². The van der Waals surface area contributed by atoms with Gasteiger partial charge in [0.1, 0.15) is 5.75 Å². The summed E-state index contributed by atoms with van der Waals surface area (Å²) in [6.45, 7) is 1.52. The van der Waals surface area contributed by atoms with Crippen LogP contribution in [0.3, 0.4) is 0 Å². The first-order chi connectivity index (χ1) is 18.9. The number of ether oxygens (including phenoxy) is 1. The van der Waals surface area contributed by atoms with Crippen LogP contribution in [0, 0.1) is 11.3 Å². The number of hydrogen-bond acceptors (Lipinski definition) is 10. The second-order valence-corrected chi connectivity index (χ2v) is 11.7. The summed E-state index contributed by atoms with van der Waals surface area (Å²) in [7, 11) is 0. The Labute approximate surface area is 228 Å². The topological polar surface area (TPSA) is 108 Å². The third-order valence-corrected chi connectivity index (χ3v) is 8.40. The van der Waals surface area contributed by atoms with Gasteiger partial charge >= 0.3 is 6.61 Å². The fourth-order valence-corrected chi connectivity index (χ4v) is 6.88. The molecule has 1 aromatic carbocycles. The fourth-order valence-electron chi connectivity index (χ4n) is 6.15. The van der Waals surface area contributed by atoms with Gasteiger partial charge in [0.2, 0.25) is 16.2 Å². The third kappa shape index (κ3) is 6.25. The molecule has 3 aromatic rings. The number of alkyl halides is 2. The second kappa shape index (κ2) is 11.0. The lowest BCUT2D eigenvalue weighted by molar-refractivity contribution is -0.126. The predicted octanol–water partition coefficient (Wildman–Crippen LogP) is 3.86. The largest absolute Gasteiger partial charge is 0.435 e. The second-order valence-electron chi connectivity index (χ2n) is 10.8. The smallest absolute Gasteiger partial charge is 0.387 e. The number of carbonyl (C=O) groups excluding carboxylic acids is 1. The minimum atomic E-state index is -2.82. The minimum Gasteiger partial charge on any atom is -0.435 e. The summed E-state index contributed by atoms with van der Waals surface area (Å²) < 4.78 is 29.4. The van der Waals surface area contributed by atoms with Gasteiger partial charge in [-0.05, 0) is 60.4 Å². The van der Waals surface area contributed by atoms with Crippen molar-refractivity contribution in [3.63, 3.8) is 0 Å². The van der Waals surface area contributed by atoms with Gasteiger partial charge in [-0.2, -0.15) is 13.9 Å². The van der Waals surface area contributed by atoms with E-state index in [-0.39, 0.29) is 23.1 Å². The van der Waals surface area contributed by atoms with Crippen molar-refractivity contribution in [2.45, 2.75) is 44.9 Å². The third-order valence-electron chi connectivity index (χ3n) is 7.63. The maximum absolute atomic E-state index is 12.6. The van der Waals surface area contributed by atoms with Gasteiger partial charge < -0.3 is 20.3 Å². The summed E-state index contributed by atoms with van der Waals surface area (Å²) >= 11 is 1.35. The molecular formula is C26H30F2N8O2S. The lowest BCUT2D eigenvalue weighted by Crippen LogP contribution is -2.61. The molecule has 3 fully saturated rings. The number of aromatic nitrogens is 4. The maximum atomic E-state index is 12.6. The van der Waals surface area contributed by atoms with E-state index in [4.69, 9.17) is 0 Å². The number of rotatable bonds is 10. The summed E-state index contributed by atoms with van der Waals surface area (Å²) in [5.41, 5.74) is 1.24. The van der Waals surface area contributed by atoms with Gasteiger partial charge in [0, 0.05) is 51.4 Å². The first-order valence-corrected chi connectivity index (χ1v) is 13.9. The molecule has 2 saturated heterocycles. The van der Waals surface area contributed by atoms with Crippen LogP contribution >= 0.6 is 11.3 Å². The zero-order valence-corrected chi connectivity index (χ0v) is 22.1. The summed E-state index contributed by atoms with van der Waals surface area (Å²) in [6, 6.07) is 10.9. The zero-order chi connectivity index (χ0) is 26.8. The van der Waals surface area contributed by atoms with E-state index >= 15 is 0 Å². The fraction of sp³-hybridized carbons (Fsp3) is 0.500. The average Bonchev–Trinajstić information content (AvgIpc) is 3.51. The Morgan fingerprint density at radius 3 is 2.79 bits per heavy atom. The Kier molecular flexibility index (Phi) is 7.26. The van der Waals surface area contributed by atoms with E-state index in [1.807, 2.05) is 18.2 Å². The van der Waals surface area contributed by atoms with Crippen molar-refractivity contribution >= 4 is 33.3 Å². The van der Waals surface area contributed by atoms with Crippen LogP contribution in [-0.2, 0) is 11.3 Å². The van der Waals surface area contributed by atoms with Crippen molar-refractivity contribution in [2.24, 2.45) is 11.3 Å². The molecule has 10 nitrogen and oxygen atoms in total. The van der Waals surface area contributed by atoms with Gasteiger partial charge in [-0.15, -0.1) is 15.3 Å². The molecule has 2 N–H and O–H groups in total. The maximum Gasteiger partial charge on any atom is 0.387 e. The highest BCUT2D eigenvalue weighted by Crippen LogP contribution is 2.53. The molecule has 0 unspecified atom stereocenters. The number of likely N-dealkylation sites (tertiary alicyclic amines) is 1. The summed E-state index contributed by atoms with van der Waals surface area (Å²) in [4.78, 5) is 17.1. The molecule has 206 valence electrons. The molecule has 1 atom stereocenters. The first kappa shape index (κ1) is 25.8. The molecule has 2 aliphatic heterocycles. The normalized spacial score (nSPS) is 20.6. The Bertz CT molecular complexity index is 1280. The van der Waals surface area contributed by atoms with Gasteiger partial charge in [-0.25, -0.2) is 0 Å². The average molecular weight is 557 g/mol. The van der Waals surface area contributed by atoms with Crippen LogP contribution in [0.4, 0.5) is 24.9 Å². The van der Waals surface area contributed by atoms with E-state index in [9.17, 15) is 13.6 Å². The van der Waals surface area contributed by atoms with Crippen molar-refractivity contribution in [3.8, 4) is 5.75 Å². The molecule has 0 bridgehead atoms. The van der Waals surface area contributed by atoms with E-state index < -0.39 is 6.61 Å². The van der Waals surface area contributed by atoms with E-state index in [0.29, 0.717) is 29.1 Å². The number of nitrogens with zero attached hydrogens (tertiary/aromatic N) is 6. The van der Waals surface area contributed by atoms with E-state index in [1.165, 1.54) is 11.3 Å². The molecule has 4 heterocycles. The van der Waals surface area contributed by atoms with Gasteiger partial charge in [-0.1, -0.05) is 23.5 Å².